The van der Waals surface area contributed by atoms with Crippen molar-refractivity contribution in [3.8, 4) is 0 Å². The number of hydrogen-bond donors (Lipinski definition) is 3. The SMILES string of the molecule is O=C(N/N=C\c1c[nH]c2ccccc12)c1ccc(NC(=O)c2ccccc2Br)cc1. The summed E-state index contributed by atoms with van der Waals surface area (Å²) in [5, 5.41) is 7.88. The van der Waals surface area contributed by atoms with E-state index in [1.165, 1.54) is 0 Å². The van der Waals surface area contributed by atoms with Gasteiger partial charge in [-0.1, -0.05) is 30.3 Å². The van der Waals surface area contributed by atoms with Crippen LogP contribution in [0.3, 0.4) is 0 Å². The standard InChI is InChI=1S/C23H17BrN4O2/c24-20-7-3-1-6-19(20)23(30)27-17-11-9-15(10-12-17)22(29)28-26-14-16-13-25-21-8-4-2-5-18(16)21/h1-14,25H,(H,27,30)(H,28,29)/b26-14-. The number of para-hydroxylation sites is 1. The first-order valence-corrected chi connectivity index (χ1v) is 9.96. The second-order valence-electron chi connectivity index (χ2n) is 6.50. The van der Waals surface area contributed by atoms with E-state index in [4.69, 9.17) is 0 Å². The van der Waals surface area contributed by atoms with Crippen LogP contribution in [0.15, 0.2) is 88.6 Å². The molecule has 0 fully saturated rings. The Morgan fingerprint density at radius 3 is 2.43 bits per heavy atom. The molecular weight excluding hydrogens is 444 g/mol. The number of fused-ring (bicyclic) bond motifs is 1. The number of anilines is 1. The van der Waals surface area contributed by atoms with Crippen LogP contribution in [0.1, 0.15) is 26.3 Å². The molecule has 2 amide bonds. The Kier molecular flexibility index (Phi) is 5.72. The van der Waals surface area contributed by atoms with Gasteiger partial charge in [0.25, 0.3) is 11.8 Å². The van der Waals surface area contributed by atoms with Crippen LogP contribution in [-0.4, -0.2) is 23.0 Å². The van der Waals surface area contributed by atoms with Crippen LogP contribution in [-0.2, 0) is 0 Å². The summed E-state index contributed by atoms with van der Waals surface area (Å²) in [5.41, 5.74) is 5.97. The minimum absolute atomic E-state index is 0.233. The molecule has 1 heterocycles. The summed E-state index contributed by atoms with van der Waals surface area (Å²) in [6, 6.07) is 21.6. The van der Waals surface area contributed by atoms with Crippen molar-refractivity contribution >= 4 is 50.5 Å². The molecule has 0 bridgehead atoms. The molecule has 3 aromatic carbocycles. The second kappa shape index (κ2) is 8.75. The number of benzene rings is 3. The first kappa shape index (κ1) is 19.6. The van der Waals surface area contributed by atoms with Crippen molar-refractivity contribution in [1.82, 2.24) is 10.4 Å². The van der Waals surface area contributed by atoms with Crippen LogP contribution >= 0.6 is 15.9 Å². The molecule has 4 rings (SSSR count). The maximum Gasteiger partial charge on any atom is 0.271 e. The van der Waals surface area contributed by atoms with Crippen molar-refractivity contribution in [3.05, 3.63) is 100 Å². The highest BCUT2D eigenvalue weighted by atomic mass is 79.9. The Labute approximate surface area is 181 Å². The lowest BCUT2D eigenvalue weighted by Gasteiger charge is -2.07. The van der Waals surface area contributed by atoms with Crippen molar-refractivity contribution < 1.29 is 9.59 Å². The summed E-state index contributed by atoms with van der Waals surface area (Å²) in [5.74, 6) is -0.572. The summed E-state index contributed by atoms with van der Waals surface area (Å²) < 4.78 is 0.714. The highest BCUT2D eigenvalue weighted by Crippen LogP contribution is 2.18. The Hall–Kier alpha value is -3.71. The van der Waals surface area contributed by atoms with E-state index in [1.807, 2.05) is 36.5 Å². The Morgan fingerprint density at radius 1 is 0.900 bits per heavy atom. The largest absolute Gasteiger partial charge is 0.361 e. The first-order chi connectivity index (χ1) is 14.6. The van der Waals surface area contributed by atoms with Gasteiger partial charge in [0.1, 0.15) is 0 Å². The minimum Gasteiger partial charge on any atom is -0.361 e. The molecule has 0 radical (unpaired) electrons. The zero-order chi connectivity index (χ0) is 20.9. The van der Waals surface area contributed by atoms with E-state index in [2.05, 4.69) is 36.8 Å². The summed E-state index contributed by atoms with van der Waals surface area (Å²) in [6.07, 6.45) is 3.44. The summed E-state index contributed by atoms with van der Waals surface area (Å²) >= 11 is 3.36. The first-order valence-electron chi connectivity index (χ1n) is 9.17. The molecule has 1 aromatic heterocycles. The number of carbonyl (C=O) groups excluding carboxylic acids is 2. The summed E-state index contributed by atoms with van der Waals surface area (Å²) in [6.45, 7) is 0. The van der Waals surface area contributed by atoms with Gasteiger partial charge in [-0.3, -0.25) is 9.59 Å². The van der Waals surface area contributed by atoms with Crippen molar-refractivity contribution in [2.75, 3.05) is 5.32 Å². The molecule has 0 aliphatic carbocycles. The molecule has 4 aromatic rings. The highest BCUT2D eigenvalue weighted by molar-refractivity contribution is 9.10. The van der Waals surface area contributed by atoms with E-state index in [1.54, 1.807) is 48.7 Å². The second-order valence-corrected chi connectivity index (χ2v) is 7.35. The number of aromatic nitrogens is 1. The molecule has 7 heteroatoms. The zero-order valence-electron chi connectivity index (χ0n) is 15.7. The Balaban J connectivity index is 1.38. The number of aromatic amines is 1. The Morgan fingerprint density at radius 2 is 1.63 bits per heavy atom. The van der Waals surface area contributed by atoms with Crippen molar-refractivity contribution in [2.45, 2.75) is 0 Å². The average Bonchev–Trinajstić information content (AvgIpc) is 3.17. The quantitative estimate of drug-likeness (QED) is 0.290. The third kappa shape index (κ3) is 4.31. The lowest BCUT2D eigenvalue weighted by atomic mass is 10.1. The zero-order valence-corrected chi connectivity index (χ0v) is 17.3. The third-order valence-corrected chi connectivity index (χ3v) is 5.21. The van der Waals surface area contributed by atoms with Gasteiger partial charge >= 0.3 is 0 Å². The number of nitrogens with zero attached hydrogens (tertiary/aromatic N) is 1. The number of rotatable bonds is 5. The summed E-state index contributed by atoms with van der Waals surface area (Å²) in [4.78, 5) is 27.8. The maximum absolute atomic E-state index is 12.4. The number of halogens is 1. The molecule has 6 nitrogen and oxygen atoms in total. The molecule has 3 N–H and O–H groups in total. The van der Waals surface area contributed by atoms with Crippen LogP contribution in [0, 0.1) is 0 Å². The fraction of sp³-hybridized carbons (Fsp3) is 0. The number of nitrogens with one attached hydrogen (secondary N) is 3. The van der Waals surface area contributed by atoms with E-state index < -0.39 is 0 Å². The monoisotopic (exact) mass is 460 g/mol. The minimum atomic E-state index is -0.338. The lowest BCUT2D eigenvalue weighted by Crippen LogP contribution is -2.18. The highest BCUT2D eigenvalue weighted by Gasteiger charge is 2.10. The van der Waals surface area contributed by atoms with Crippen LogP contribution in [0.25, 0.3) is 10.9 Å². The van der Waals surface area contributed by atoms with Gasteiger partial charge in [0.05, 0.1) is 11.8 Å². The number of H-pyrrole nitrogens is 1. The maximum atomic E-state index is 12.4. The van der Waals surface area contributed by atoms with Crippen LogP contribution < -0.4 is 10.7 Å². The molecule has 0 unspecified atom stereocenters. The fourth-order valence-electron chi connectivity index (χ4n) is 2.97. The summed E-state index contributed by atoms with van der Waals surface area (Å²) in [7, 11) is 0. The number of hydrazone groups is 1. The molecule has 0 aliphatic heterocycles. The van der Waals surface area contributed by atoms with Gasteiger partial charge in [-0.25, -0.2) is 5.43 Å². The van der Waals surface area contributed by atoms with Crippen LogP contribution in [0.2, 0.25) is 0 Å². The Bertz CT molecular complexity index is 1250. The topological polar surface area (TPSA) is 86.3 Å². The predicted octanol–water partition coefficient (Wildman–Crippen LogP) is 4.95. The predicted molar refractivity (Wildman–Crippen MR) is 122 cm³/mol. The van der Waals surface area contributed by atoms with E-state index >= 15 is 0 Å². The lowest BCUT2D eigenvalue weighted by molar-refractivity contribution is 0.0954. The molecule has 0 atom stereocenters. The van der Waals surface area contributed by atoms with Crippen molar-refractivity contribution in [2.24, 2.45) is 5.10 Å². The van der Waals surface area contributed by atoms with E-state index in [-0.39, 0.29) is 11.8 Å². The van der Waals surface area contributed by atoms with Crippen LogP contribution in [0.4, 0.5) is 5.69 Å². The smallest absolute Gasteiger partial charge is 0.271 e. The molecule has 0 spiro atoms. The average molecular weight is 461 g/mol. The number of hydrogen-bond acceptors (Lipinski definition) is 3. The van der Waals surface area contributed by atoms with E-state index in [9.17, 15) is 9.59 Å². The van der Waals surface area contributed by atoms with Crippen molar-refractivity contribution in [3.63, 3.8) is 0 Å². The molecule has 148 valence electrons. The normalized spacial score (nSPS) is 11.0. The fourth-order valence-corrected chi connectivity index (χ4v) is 3.44. The molecular formula is C23H17BrN4O2. The van der Waals surface area contributed by atoms with Gasteiger partial charge in [0, 0.05) is 38.4 Å². The van der Waals surface area contributed by atoms with E-state index in [0.29, 0.717) is 21.3 Å². The molecule has 0 saturated carbocycles. The van der Waals surface area contributed by atoms with Gasteiger partial charge in [0.2, 0.25) is 0 Å². The number of carbonyl (C=O) groups is 2. The van der Waals surface area contributed by atoms with Gasteiger partial charge < -0.3 is 10.3 Å². The van der Waals surface area contributed by atoms with Gasteiger partial charge in [-0.15, -0.1) is 0 Å². The molecule has 0 aliphatic rings. The molecule has 0 saturated heterocycles. The van der Waals surface area contributed by atoms with Gasteiger partial charge in [0.15, 0.2) is 0 Å². The van der Waals surface area contributed by atoms with Crippen molar-refractivity contribution in [1.29, 1.82) is 0 Å². The third-order valence-electron chi connectivity index (χ3n) is 4.51. The van der Waals surface area contributed by atoms with Gasteiger partial charge in [-0.05, 0) is 58.4 Å². The number of amides is 2. The molecule has 30 heavy (non-hydrogen) atoms. The van der Waals surface area contributed by atoms with E-state index in [0.717, 1.165) is 16.5 Å². The van der Waals surface area contributed by atoms with Gasteiger partial charge in [-0.2, -0.15) is 5.10 Å². The van der Waals surface area contributed by atoms with Crippen LogP contribution in [0.5, 0.6) is 0 Å².